The zero-order chi connectivity index (χ0) is 11.1. The molecule has 0 aromatic carbocycles. The van der Waals surface area contributed by atoms with Gasteiger partial charge in [0.15, 0.2) is 0 Å². The van der Waals surface area contributed by atoms with Crippen molar-refractivity contribution < 1.29 is 0 Å². The molecule has 0 spiro atoms. The third kappa shape index (κ3) is 5.20. The van der Waals surface area contributed by atoms with Gasteiger partial charge in [0.1, 0.15) is 0 Å². The maximum absolute atomic E-state index is 5.76. The number of hydrogen-bond donors (Lipinski definition) is 3. The maximum Gasteiger partial charge on any atom is 0.0254 e. The van der Waals surface area contributed by atoms with E-state index in [0.29, 0.717) is 0 Å². The molecule has 0 aromatic heterocycles. The molecule has 15 heavy (non-hydrogen) atoms. The number of nitrogens with two attached hydrogens (primary N) is 1. The smallest absolute Gasteiger partial charge is 0.0254 e. The fraction of sp³-hybridized carbons (Fsp3) is 1.00. The number of likely N-dealkylation sites (tertiary alicyclic amines) is 1. The molecule has 1 saturated heterocycles. The van der Waals surface area contributed by atoms with Crippen LogP contribution >= 0.6 is 12.6 Å². The quantitative estimate of drug-likeness (QED) is 0.443. The normalized spacial score (nSPS) is 24.6. The van der Waals surface area contributed by atoms with Crippen LogP contribution in [0.5, 0.6) is 0 Å². The zero-order valence-electron chi connectivity index (χ0n) is 9.78. The van der Waals surface area contributed by atoms with Crippen LogP contribution in [0.4, 0.5) is 0 Å². The first-order valence-electron chi connectivity index (χ1n) is 6.05. The Morgan fingerprint density at radius 2 is 2.40 bits per heavy atom. The van der Waals surface area contributed by atoms with Gasteiger partial charge in [-0.3, -0.25) is 0 Å². The summed E-state index contributed by atoms with van der Waals surface area (Å²) in [7, 11) is 0. The van der Waals surface area contributed by atoms with E-state index in [0.717, 1.165) is 31.3 Å². The van der Waals surface area contributed by atoms with Crippen molar-refractivity contribution in [2.24, 2.45) is 11.7 Å². The molecule has 2 atom stereocenters. The molecule has 1 fully saturated rings. The highest BCUT2D eigenvalue weighted by Crippen LogP contribution is 2.17. The molecule has 1 heterocycles. The van der Waals surface area contributed by atoms with Gasteiger partial charge in [0.05, 0.1) is 0 Å². The first-order valence-corrected chi connectivity index (χ1v) is 6.69. The fourth-order valence-electron chi connectivity index (χ4n) is 2.04. The van der Waals surface area contributed by atoms with Crippen molar-refractivity contribution in [2.45, 2.75) is 25.8 Å². The van der Waals surface area contributed by atoms with Gasteiger partial charge >= 0.3 is 0 Å². The second-order valence-electron chi connectivity index (χ2n) is 4.51. The average Bonchev–Trinajstić information content (AvgIpc) is 2.72. The lowest BCUT2D eigenvalue weighted by molar-refractivity contribution is 0.320. The molecule has 3 N–H and O–H groups in total. The van der Waals surface area contributed by atoms with E-state index in [4.69, 9.17) is 5.73 Å². The van der Waals surface area contributed by atoms with Gasteiger partial charge < -0.3 is 16.0 Å². The molecular weight excluding hydrogens is 206 g/mol. The molecule has 0 amide bonds. The number of hydrogen-bond acceptors (Lipinski definition) is 4. The molecule has 0 radical (unpaired) electrons. The van der Waals surface area contributed by atoms with E-state index in [2.05, 4.69) is 29.8 Å². The molecule has 1 rings (SSSR count). The highest BCUT2D eigenvalue weighted by Gasteiger charge is 2.19. The summed E-state index contributed by atoms with van der Waals surface area (Å²) in [6.07, 6.45) is 2.71. The van der Waals surface area contributed by atoms with Crippen LogP contribution < -0.4 is 11.1 Å². The van der Waals surface area contributed by atoms with Crippen molar-refractivity contribution in [1.29, 1.82) is 0 Å². The SMILES string of the molecule is CCC1CCN(CCNCC(N)CS)C1. The molecule has 90 valence electrons. The number of nitrogens with one attached hydrogen (secondary N) is 1. The predicted molar refractivity (Wildman–Crippen MR) is 69.5 cm³/mol. The van der Waals surface area contributed by atoms with E-state index in [-0.39, 0.29) is 6.04 Å². The Morgan fingerprint density at radius 1 is 1.60 bits per heavy atom. The average molecular weight is 231 g/mol. The minimum atomic E-state index is 0.190. The summed E-state index contributed by atoms with van der Waals surface area (Å²) in [6.45, 7) is 7.95. The van der Waals surface area contributed by atoms with Gasteiger partial charge in [-0.05, 0) is 18.9 Å². The zero-order valence-corrected chi connectivity index (χ0v) is 10.7. The minimum absolute atomic E-state index is 0.190. The summed E-state index contributed by atoms with van der Waals surface area (Å²) in [5, 5.41) is 3.38. The first-order chi connectivity index (χ1) is 7.26. The molecule has 0 aromatic rings. The monoisotopic (exact) mass is 231 g/mol. The van der Waals surface area contributed by atoms with E-state index < -0.39 is 0 Å². The van der Waals surface area contributed by atoms with Gasteiger partial charge in [-0.25, -0.2) is 0 Å². The third-order valence-electron chi connectivity index (χ3n) is 3.19. The Morgan fingerprint density at radius 3 is 3.00 bits per heavy atom. The largest absolute Gasteiger partial charge is 0.326 e. The Kier molecular flexibility index (Phi) is 6.64. The Labute approximate surface area is 99.2 Å². The maximum atomic E-state index is 5.76. The van der Waals surface area contributed by atoms with Gasteiger partial charge in [0.2, 0.25) is 0 Å². The highest BCUT2D eigenvalue weighted by molar-refractivity contribution is 7.80. The van der Waals surface area contributed by atoms with Crippen LogP contribution in [0.2, 0.25) is 0 Å². The molecule has 1 aliphatic rings. The topological polar surface area (TPSA) is 41.3 Å². The molecular formula is C11H25N3S. The highest BCUT2D eigenvalue weighted by atomic mass is 32.1. The molecule has 3 nitrogen and oxygen atoms in total. The van der Waals surface area contributed by atoms with Crippen molar-refractivity contribution in [1.82, 2.24) is 10.2 Å². The molecule has 1 aliphatic heterocycles. The van der Waals surface area contributed by atoms with Crippen LogP contribution in [0, 0.1) is 5.92 Å². The Bertz CT molecular complexity index is 166. The lowest BCUT2D eigenvalue weighted by atomic mass is 10.1. The van der Waals surface area contributed by atoms with E-state index in [9.17, 15) is 0 Å². The van der Waals surface area contributed by atoms with Crippen molar-refractivity contribution in [3.63, 3.8) is 0 Å². The fourth-order valence-corrected chi connectivity index (χ4v) is 2.17. The van der Waals surface area contributed by atoms with Gasteiger partial charge in [-0.15, -0.1) is 0 Å². The van der Waals surface area contributed by atoms with Crippen molar-refractivity contribution >= 4 is 12.6 Å². The van der Waals surface area contributed by atoms with Gasteiger partial charge in [-0.1, -0.05) is 13.3 Å². The second kappa shape index (κ2) is 7.49. The molecule has 4 heteroatoms. The molecule has 0 aliphatic carbocycles. The van der Waals surface area contributed by atoms with E-state index in [1.54, 1.807) is 0 Å². The molecule has 0 saturated carbocycles. The number of rotatable bonds is 7. The van der Waals surface area contributed by atoms with Crippen LogP contribution in [0.15, 0.2) is 0 Å². The van der Waals surface area contributed by atoms with Gasteiger partial charge in [-0.2, -0.15) is 12.6 Å². The molecule has 0 bridgehead atoms. The number of nitrogens with zero attached hydrogens (tertiary/aromatic N) is 1. The number of thiol groups is 1. The third-order valence-corrected chi connectivity index (χ3v) is 3.66. The van der Waals surface area contributed by atoms with E-state index in [1.807, 2.05) is 0 Å². The predicted octanol–water partition coefficient (Wildman–Crippen LogP) is 0.565. The van der Waals surface area contributed by atoms with E-state index >= 15 is 0 Å². The summed E-state index contributed by atoms with van der Waals surface area (Å²) in [4.78, 5) is 2.55. The lowest BCUT2D eigenvalue weighted by Gasteiger charge is -2.17. The van der Waals surface area contributed by atoms with Crippen LogP contribution in [-0.4, -0.2) is 49.4 Å². The van der Waals surface area contributed by atoms with Crippen molar-refractivity contribution in [2.75, 3.05) is 38.5 Å². The summed E-state index contributed by atoms with van der Waals surface area (Å²) in [5.41, 5.74) is 5.76. The summed E-state index contributed by atoms with van der Waals surface area (Å²) in [6, 6.07) is 0.190. The first kappa shape index (κ1) is 13.3. The Hall–Kier alpha value is 0.230. The standard InChI is InChI=1S/C11H25N3S/c1-2-10-3-5-14(8-10)6-4-13-7-11(12)9-15/h10-11,13,15H,2-9,12H2,1H3. The Balaban J connectivity index is 1.97. The van der Waals surface area contributed by atoms with E-state index in [1.165, 1.54) is 25.9 Å². The second-order valence-corrected chi connectivity index (χ2v) is 4.88. The van der Waals surface area contributed by atoms with Crippen molar-refractivity contribution in [3.05, 3.63) is 0 Å². The van der Waals surface area contributed by atoms with Crippen LogP contribution in [0.3, 0.4) is 0 Å². The van der Waals surface area contributed by atoms with Crippen molar-refractivity contribution in [3.8, 4) is 0 Å². The summed E-state index contributed by atoms with van der Waals surface area (Å²) < 4.78 is 0. The summed E-state index contributed by atoms with van der Waals surface area (Å²) >= 11 is 4.15. The van der Waals surface area contributed by atoms with Crippen LogP contribution in [0.1, 0.15) is 19.8 Å². The molecule has 2 unspecified atom stereocenters. The summed E-state index contributed by atoms with van der Waals surface area (Å²) in [5.74, 6) is 1.69. The van der Waals surface area contributed by atoms with Crippen LogP contribution in [0.25, 0.3) is 0 Å². The van der Waals surface area contributed by atoms with Gasteiger partial charge in [0.25, 0.3) is 0 Å². The lowest BCUT2D eigenvalue weighted by Crippen LogP contribution is -2.38. The van der Waals surface area contributed by atoms with Crippen LogP contribution in [-0.2, 0) is 0 Å². The van der Waals surface area contributed by atoms with Gasteiger partial charge in [0, 0.05) is 38.0 Å². The minimum Gasteiger partial charge on any atom is -0.326 e.